The molecule has 3 fully saturated rings. The van der Waals surface area contributed by atoms with Crippen molar-refractivity contribution in [2.24, 2.45) is 34.5 Å². The average molecular weight is 376 g/mol. The maximum atomic E-state index is 13.2. The molecule has 2 N–H and O–H groups in total. The molecular weight excluding hydrogens is 347 g/mol. The SMILES string of the molecule is C[C@H]1C[C@@H]2[C@H]([C@H](O)C[C@]3(C)[C@H]2CC[C@]3(O)C(=O)CF)[C@]2(C)C=CC(=O)C=C12. The lowest BCUT2D eigenvalue weighted by Crippen LogP contribution is -2.62. The first-order valence-corrected chi connectivity index (χ1v) is 10.0. The Morgan fingerprint density at radius 3 is 2.74 bits per heavy atom. The number of hydrogen-bond acceptors (Lipinski definition) is 4. The Kier molecular flexibility index (Phi) is 4.11. The molecule has 0 spiro atoms. The molecule has 0 heterocycles. The molecule has 0 bridgehead atoms. The Balaban J connectivity index is 1.78. The zero-order valence-corrected chi connectivity index (χ0v) is 16.2. The number of aliphatic hydroxyl groups excluding tert-OH is 1. The number of allylic oxidation sites excluding steroid dienone is 4. The predicted molar refractivity (Wildman–Crippen MR) is 98.5 cm³/mol. The van der Waals surface area contributed by atoms with E-state index in [2.05, 4.69) is 13.8 Å². The lowest BCUT2D eigenvalue weighted by Gasteiger charge is -2.60. The van der Waals surface area contributed by atoms with Crippen LogP contribution in [0.25, 0.3) is 0 Å². The highest BCUT2D eigenvalue weighted by molar-refractivity contribution is 6.01. The van der Waals surface area contributed by atoms with E-state index in [-0.39, 0.29) is 42.3 Å². The first-order chi connectivity index (χ1) is 12.6. The summed E-state index contributed by atoms with van der Waals surface area (Å²) in [6, 6.07) is 0. The largest absolute Gasteiger partial charge is 0.393 e. The van der Waals surface area contributed by atoms with Crippen molar-refractivity contribution in [3.8, 4) is 0 Å². The van der Waals surface area contributed by atoms with Crippen LogP contribution >= 0.6 is 0 Å². The van der Waals surface area contributed by atoms with E-state index < -0.39 is 35.0 Å². The van der Waals surface area contributed by atoms with E-state index in [4.69, 9.17) is 0 Å². The molecule has 8 atom stereocenters. The number of carbonyl (C=O) groups is 2. The number of Topliss-reactive ketones (excluding diaryl/α,β-unsaturated/α-hetero) is 1. The Morgan fingerprint density at radius 2 is 2.07 bits per heavy atom. The Labute approximate surface area is 159 Å². The van der Waals surface area contributed by atoms with E-state index in [1.54, 1.807) is 12.2 Å². The highest BCUT2D eigenvalue weighted by atomic mass is 19.1. The van der Waals surface area contributed by atoms with Crippen LogP contribution in [0.5, 0.6) is 0 Å². The molecule has 0 saturated heterocycles. The molecule has 0 aromatic rings. The van der Waals surface area contributed by atoms with Gasteiger partial charge >= 0.3 is 0 Å². The van der Waals surface area contributed by atoms with Crippen molar-refractivity contribution in [3.05, 3.63) is 23.8 Å². The van der Waals surface area contributed by atoms with Gasteiger partial charge < -0.3 is 10.2 Å². The second-order valence-corrected chi connectivity index (χ2v) is 9.70. The van der Waals surface area contributed by atoms with Crippen molar-refractivity contribution in [2.45, 2.75) is 58.2 Å². The van der Waals surface area contributed by atoms with Crippen LogP contribution in [0.3, 0.4) is 0 Å². The van der Waals surface area contributed by atoms with Crippen LogP contribution < -0.4 is 0 Å². The summed E-state index contributed by atoms with van der Waals surface area (Å²) in [6.07, 6.45) is 6.55. The van der Waals surface area contributed by atoms with Crippen molar-refractivity contribution in [3.63, 3.8) is 0 Å². The standard InChI is InChI=1S/C22H29FO4/c1-12-8-14-15-5-7-22(27,18(26)11-23)21(15,3)10-17(25)19(14)20(2)6-4-13(24)9-16(12)20/h4,6,9,12,14-15,17,19,25,27H,5,7-8,10-11H2,1-3H3/t12-,14-,15-,17+,19+,20+,21+,22-/m0/s1. The van der Waals surface area contributed by atoms with E-state index in [0.29, 0.717) is 6.42 Å². The molecular formula is C22H29FO4. The van der Waals surface area contributed by atoms with Gasteiger partial charge in [-0.25, -0.2) is 4.39 Å². The summed E-state index contributed by atoms with van der Waals surface area (Å²) >= 11 is 0. The molecule has 4 aliphatic rings. The van der Waals surface area contributed by atoms with E-state index in [1.807, 2.05) is 13.0 Å². The van der Waals surface area contributed by atoms with E-state index in [0.717, 1.165) is 12.0 Å². The third-order valence-corrected chi connectivity index (χ3v) is 8.55. The van der Waals surface area contributed by atoms with Crippen molar-refractivity contribution in [1.29, 1.82) is 0 Å². The Hall–Kier alpha value is -1.33. The second kappa shape index (κ2) is 5.84. The molecule has 27 heavy (non-hydrogen) atoms. The van der Waals surface area contributed by atoms with Crippen LogP contribution in [0.15, 0.2) is 23.8 Å². The van der Waals surface area contributed by atoms with Gasteiger partial charge in [-0.2, -0.15) is 0 Å². The highest BCUT2D eigenvalue weighted by Crippen LogP contribution is 2.67. The minimum Gasteiger partial charge on any atom is -0.393 e. The molecule has 0 unspecified atom stereocenters. The van der Waals surface area contributed by atoms with Gasteiger partial charge in [0.1, 0.15) is 5.60 Å². The van der Waals surface area contributed by atoms with E-state index in [9.17, 15) is 24.2 Å². The van der Waals surface area contributed by atoms with Crippen molar-refractivity contribution < 1.29 is 24.2 Å². The van der Waals surface area contributed by atoms with E-state index in [1.165, 1.54) is 0 Å². The maximum absolute atomic E-state index is 13.2. The topological polar surface area (TPSA) is 74.6 Å². The third-order valence-electron chi connectivity index (χ3n) is 8.55. The van der Waals surface area contributed by atoms with Gasteiger partial charge in [0.05, 0.1) is 6.10 Å². The molecule has 148 valence electrons. The first-order valence-electron chi connectivity index (χ1n) is 10.0. The molecule has 3 saturated carbocycles. The summed E-state index contributed by atoms with van der Waals surface area (Å²) in [4.78, 5) is 24.2. The number of carbonyl (C=O) groups excluding carboxylic acids is 2. The lowest BCUT2D eigenvalue weighted by molar-refractivity contribution is -0.179. The van der Waals surface area contributed by atoms with Crippen LogP contribution in [0.1, 0.15) is 46.5 Å². The predicted octanol–water partition coefficient (Wildman–Crippen LogP) is 2.78. The van der Waals surface area contributed by atoms with Crippen LogP contribution in [0.4, 0.5) is 4.39 Å². The smallest absolute Gasteiger partial charge is 0.195 e. The molecule has 0 aromatic heterocycles. The second-order valence-electron chi connectivity index (χ2n) is 9.70. The van der Waals surface area contributed by atoms with Gasteiger partial charge in [-0.3, -0.25) is 9.59 Å². The van der Waals surface area contributed by atoms with Crippen molar-refractivity contribution in [1.82, 2.24) is 0 Å². The number of rotatable bonds is 2. The van der Waals surface area contributed by atoms with Crippen LogP contribution in [-0.4, -0.2) is 40.2 Å². The normalized spacial score (nSPS) is 51.3. The van der Waals surface area contributed by atoms with Crippen LogP contribution in [-0.2, 0) is 9.59 Å². The van der Waals surface area contributed by atoms with Gasteiger partial charge in [0.25, 0.3) is 0 Å². The molecule has 4 rings (SSSR count). The summed E-state index contributed by atoms with van der Waals surface area (Å²) in [5, 5.41) is 22.3. The number of halogens is 1. The molecule has 0 amide bonds. The number of ketones is 2. The monoisotopic (exact) mass is 376 g/mol. The molecule has 0 aliphatic heterocycles. The number of alkyl halides is 1. The zero-order valence-electron chi connectivity index (χ0n) is 16.2. The highest BCUT2D eigenvalue weighted by Gasteiger charge is 2.68. The number of fused-ring (bicyclic) bond motifs is 5. The van der Waals surface area contributed by atoms with Gasteiger partial charge in [0, 0.05) is 16.7 Å². The van der Waals surface area contributed by atoms with E-state index >= 15 is 0 Å². The van der Waals surface area contributed by atoms with Crippen molar-refractivity contribution in [2.75, 3.05) is 6.67 Å². The molecule has 0 aromatic carbocycles. The lowest BCUT2D eigenvalue weighted by atomic mass is 9.45. The summed E-state index contributed by atoms with van der Waals surface area (Å²) < 4.78 is 13.2. The minimum atomic E-state index is -1.70. The van der Waals surface area contributed by atoms with Gasteiger partial charge in [0.15, 0.2) is 18.2 Å². The van der Waals surface area contributed by atoms with Gasteiger partial charge in [-0.1, -0.05) is 32.4 Å². The summed E-state index contributed by atoms with van der Waals surface area (Å²) in [7, 11) is 0. The molecule has 4 nitrogen and oxygen atoms in total. The van der Waals surface area contributed by atoms with Crippen LogP contribution in [0.2, 0.25) is 0 Å². The maximum Gasteiger partial charge on any atom is 0.195 e. The van der Waals surface area contributed by atoms with Gasteiger partial charge in [0.2, 0.25) is 0 Å². The minimum absolute atomic E-state index is 0.00769. The van der Waals surface area contributed by atoms with Gasteiger partial charge in [-0.05, 0) is 55.6 Å². The van der Waals surface area contributed by atoms with Crippen molar-refractivity contribution >= 4 is 11.6 Å². The zero-order chi connectivity index (χ0) is 19.8. The molecule has 0 radical (unpaired) electrons. The quantitative estimate of drug-likeness (QED) is 0.777. The fourth-order valence-electron chi connectivity index (χ4n) is 7.32. The summed E-state index contributed by atoms with van der Waals surface area (Å²) in [5.41, 5.74) is -1.84. The first kappa shape index (κ1) is 19.0. The molecule has 5 heteroatoms. The Bertz CT molecular complexity index is 757. The third kappa shape index (κ3) is 2.27. The fraction of sp³-hybridized carbons (Fsp3) is 0.727. The number of aliphatic hydroxyl groups is 2. The Morgan fingerprint density at radius 1 is 1.37 bits per heavy atom. The fourth-order valence-corrected chi connectivity index (χ4v) is 7.32. The molecule has 4 aliphatic carbocycles. The number of hydrogen-bond donors (Lipinski definition) is 2. The summed E-state index contributed by atoms with van der Waals surface area (Å²) in [5.74, 6) is -0.465. The van der Waals surface area contributed by atoms with Crippen LogP contribution in [0, 0.1) is 34.5 Å². The summed E-state index contributed by atoms with van der Waals surface area (Å²) in [6.45, 7) is 4.89. The average Bonchev–Trinajstić information content (AvgIpc) is 2.87. The van der Waals surface area contributed by atoms with Gasteiger partial charge in [-0.15, -0.1) is 0 Å².